The molecule has 3 rings (SSSR count). The van der Waals surface area contributed by atoms with E-state index >= 15 is 0 Å². The van der Waals surface area contributed by atoms with Gasteiger partial charge in [0.05, 0.1) is 12.7 Å². The van der Waals surface area contributed by atoms with E-state index in [1.165, 1.54) is 32.2 Å². The fourth-order valence-electron chi connectivity index (χ4n) is 2.41. The van der Waals surface area contributed by atoms with Gasteiger partial charge in [0.15, 0.2) is 11.9 Å². The molecule has 1 heterocycles. The Labute approximate surface area is 168 Å². The minimum absolute atomic E-state index is 0.201. The molecule has 10 heteroatoms. The normalized spacial score (nSPS) is 12.3. The van der Waals surface area contributed by atoms with Gasteiger partial charge < -0.3 is 9.47 Å². The topological polar surface area (TPSA) is 73.3 Å². The Balaban J connectivity index is 1.69. The number of hydrogen-bond donors (Lipinski definition) is 1. The summed E-state index contributed by atoms with van der Waals surface area (Å²) in [6.07, 6.45) is -5.76. The Morgan fingerprint density at radius 2 is 1.93 bits per heavy atom. The van der Waals surface area contributed by atoms with Gasteiger partial charge in [-0.1, -0.05) is 24.3 Å². The van der Waals surface area contributed by atoms with Crippen LogP contribution in [-0.4, -0.2) is 28.5 Å². The molecule has 1 unspecified atom stereocenters. The van der Waals surface area contributed by atoms with Crippen molar-refractivity contribution in [1.82, 2.24) is 9.36 Å². The number of benzene rings is 2. The van der Waals surface area contributed by atoms with Crippen LogP contribution < -0.4 is 14.8 Å². The third-order valence-electron chi connectivity index (χ3n) is 3.85. The summed E-state index contributed by atoms with van der Waals surface area (Å²) in [4.78, 5) is 16.6. The highest BCUT2D eigenvalue weighted by molar-refractivity contribution is 7.10. The lowest BCUT2D eigenvalue weighted by Gasteiger charge is -2.17. The molecule has 29 heavy (non-hydrogen) atoms. The maximum atomic E-state index is 13.1. The number of methoxy groups -OCH3 is 1. The molecule has 6 nitrogen and oxygen atoms in total. The average molecular weight is 423 g/mol. The van der Waals surface area contributed by atoms with Gasteiger partial charge in [0.2, 0.25) is 5.13 Å². The molecule has 0 fully saturated rings. The Bertz CT molecular complexity index is 1010. The second kappa shape index (κ2) is 8.48. The van der Waals surface area contributed by atoms with Gasteiger partial charge in [-0.2, -0.15) is 22.5 Å². The van der Waals surface area contributed by atoms with Crippen molar-refractivity contribution < 1.29 is 27.4 Å². The number of aromatic nitrogens is 2. The van der Waals surface area contributed by atoms with Crippen molar-refractivity contribution >= 4 is 22.6 Å². The largest absolute Gasteiger partial charge is 0.497 e. The molecule has 2 aromatic carbocycles. The SMILES string of the molecule is COc1cccc(-c2nsc(NC(=O)C(C)Oc3ccccc3C(F)(F)F)n2)c1. The summed E-state index contributed by atoms with van der Waals surface area (Å²) in [6, 6.07) is 11.8. The van der Waals surface area contributed by atoms with Crippen molar-refractivity contribution in [2.24, 2.45) is 0 Å². The van der Waals surface area contributed by atoms with Crippen LogP contribution in [0.15, 0.2) is 48.5 Å². The van der Waals surface area contributed by atoms with E-state index in [2.05, 4.69) is 14.7 Å². The number of hydrogen-bond acceptors (Lipinski definition) is 6. The van der Waals surface area contributed by atoms with Crippen LogP contribution in [0, 0.1) is 0 Å². The quantitative estimate of drug-likeness (QED) is 0.625. The first-order chi connectivity index (χ1) is 13.8. The number of nitrogens with zero attached hydrogens (tertiary/aromatic N) is 2. The number of amides is 1. The van der Waals surface area contributed by atoms with Crippen molar-refractivity contribution in [3.63, 3.8) is 0 Å². The van der Waals surface area contributed by atoms with E-state index in [0.29, 0.717) is 17.1 Å². The summed E-state index contributed by atoms with van der Waals surface area (Å²) in [6.45, 7) is 1.35. The van der Waals surface area contributed by atoms with Gasteiger partial charge in [0.25, 0.3) is 5.91 Å². The molecule has 1 amide bonds. The molecule has 1 atom stereocenters. The van der Waals surface area contributed by atoms with Gasteiger partial charge in [-0.15, -0.1) is 0 Å². The Hall–Kier alpha value is -3.14. The summed E-state index contributed by atoms with van der Waals surface area (Å²) in [5.41, 5.74) is -0.250. The summed E-state index contributed by atoms with van der Waals surface area (Å²) >= 11 is 0.948. The lowest BCUT2D eigenvalue weighted by atomic mass is 10.2. The summed E-state index contributed by atoms with van der Waals surface area (Å²) in [5, 5.41) is 2.71. The second-order valence-electron chi connectivity index (χ2n) is 5.90. The molecule has 0 bridgehead atoms. The van der Waals surface area contributed by atoms with E-state index < -0.39 is 29.5 Å². The Morgan fingerprint density at radius 1 is 1.17 bits per heavy atom. The van der Waals surface area contributed by atoms with Crippen molar-refractivity contribution in [3.05, 3.63) is 54.1 Å². The van der Waals surface area contributed by atoms with Crippen LogP contribution in [0.5, 0.6) is 11.5 Å². The van der Waals surface area contributed by atoms with Gasteiger partial charge in [0, 0.05) is 17.1 Å². The van der Waals surface area contributed by atoms with Gasteiger partial charge >= 0.3 is 6.18 Å². The number of ether oxygens (including phenoxy) is 2. The lowest BCUT2D eigenvalue weighted by Crippen LogP contribution is -2.30. The van der Waals surface area contributed by atoms with Gasteiger partial charge in [-0.05, 0) is 31.2 Å². The average Bonchev–Trinajstić information content (AvgIpc) is 3.16. The minimum Gasteiger partial charge on any atom is -0.497 e. The van der Waals surface area contributed by atoms with E-state index in [0.717, 1.165) is 17.6 Å². The molecule has 3 aromatic rings. The van der Waals surface area contributed by atoms with E-state index in [4.69, 9.17) is 9.47 Å². The number of carbonyl (C=O) groups is 1. The highest BCUT2D eigenvalue weighted by Gasteiger charge is 2.34. The molecular weight excluding hydrogens is 407 g/mol. The van der Waals surface area contributed by atoms with Crippen LogP contribution >= 0.6 is 11.5 Å². The van der Waals surface area contributed by atoms with E-state index in [9.17, 15) is 18.0 Å². The van der Waals surface area contributed by atoms with Gasteiger partial charge in [0.1, 0.15) is 11.5 Å². The first-order valence-corrected chi connectivity index (χ1v) is 9.17. The highest BCUT2D eigenvalue weighted by atomic mass is 32.1. The number of nitrogens with one attached hydrogen (secondary N) is 1. The van der Waals surface area contributed by atoms with E-state index in [1.54, 1.807) is 24.3 Å². The Kier molecular flexibility index (Phi) is 6.02. The van der Waals surface area contributed by atoms with Crippen molar-refractivity contribution in [2.75, 3.05) is 12.4 Å². The molecule has 0 aliphatic heterocycles. The maximum absolute atomic E-state index is 13.1. The zero-order valence-electron chi connectivity index (χ0n) is 15.4. The van der Waals surface area contributed by atoms with Crippen LogP contribution in [0.1, 0.15) is 12.5 Å². The van der Waals surface area contributed by atoms with Crippen LogP contribution in [0.25, 0.3) is 11.4 Å². The molecule has 1 N–H and O–H groups in total. The van der Waals surface area contributed by atoms with E-state index in [-0.39, 0.29) is 5.13 Å². The lowest BCUT2D eigenvalue weighted by molar-refractivity contribution is -0.140. The molecule has 0 saturated carbocycles. The third kappa shape index (κ3) is 5.02. The number of para-hydroxylation sites is 1. The van der Waals surface area contributed by atoms with Gasteiger partial charge in [-0.3, -0.25) is 10.1 Å². The molecule has 152 valence electrons. The highest BCUT2D eigenvalue weighted by Crippen LogP contribution is 2.36. The van der Waals surface area contributed by atoms with Crippen molar-refractivity contribution in [3.8, 4) is 22.9 Å². The van der Waals surface area contributed by atoms with Crippen LogP contribution in [0.2, 0.25) is 0 Å². The molecule has 1 aromatic heterocycles. The second-order valence-corrected chi connectivity index (χ2v) is 6.65. The van der Waals surface area contributed by atoms with Gasteiger partial charge in [-0.25, -0.2) is 0 Å². The van der Waals surface area contributed by atoms with Crippen LogP contribution in [0.4, 0.5) is 18.3 Å². The number of halogens is 3. The molecule has 0 saturated heterocycles. The third-order valence-corrected chi connectivity index (χ3v) is 4.48. The van der Waals surface area contributed by atoms with Crippen LogP contribution in [0.3, 0.4) is 0 Å². The number of carbonyl (C=O) groups excluding carboxylic acids is 1. The monoisotopic (exact) mass is 423 g/mol. The summed E-state index contributed by atoms with van der Waals surface area (Å²) < 4.78 is 53.7. The predicted octanol–water partition coefficient (Wildman–Crippen LogP) is 4.64. The Morgan fingerprint density at radius 3 is 2.66 bits per heavy atom. The smallest absolute Gasteiger partial charge is 0.419 e. The molecule has 0 radical (unpaired) electrons. The predicted molar refractivity (Wildman–Crippen MR) is 102 cm³/mol. The van der Waals surface area contributed by atoms with E-state index in [1.807, 2.05) is 0 Å². The fraction of sp³-hybridized carbons (Fsp3) is 0.211. The standard InChI is InChI=1S/C19H16F3N3O3S/c1-11(28-15-9-4-3-8-14(15)19(20,21)22)17(26)24-18-23-16(25-29-18)12-6-5-7-13(10-12)27-2/h3-11H,1-2H3,(H,23,24,25,26). The molecule has 0 aliphatic rings. The fourth-order valence-corrected chi connectivity index (χ4v) is 3.00. The molecule has 0 aliphatic carbocycles. The maximum Gasteiger partial charge on any atom is 0.419 e. The zero-order valence-corrected chi connectivity index (χ0v) is 16.2. The molecule has 0 spiro atoms. The summed E-state index contributed by atoms with van der Waals surface area (Å²) in [7, 11) is 1.54. The number of anilines is 1. The summed E-state index contributed by atoms with van der Waals surface area (Å²) in [5.74, 6) is -0.0410. The molecular formula is C19H16F3N3O3S. The number of rotatable bonds is 6. The minimum atomic E-state index is -4.59. The number of alkyl halides is 3. The first-order valence-electron chi connectivity index (χ1n) is 8.40. The van der Waals surface area contributed by atoms with Crippen LogP contribution in [-0.2, 0) is 11.0 Å². The zero-order chi connectivity index (χ0) is 21.0. The van der Waals surface area contributed by atoms with Crippen molar-refractivity contribution in [1.29, 1.82) is 0 Å². The van der Waals surface area contributed by atoms with Crippen molar-refractivity contribution in [2.45, 2.75) is 19.2 Å². The first kappa shape index (κ1) is 20.6.